The number of hydrazine groups is 1. The second-order valence-corrected chi connectivity index (χ2v) is 7.62. The van der Waals surface area contributed by atoms with Gasteiger partial charge in [-0.2, -0.15) is 0 Å². The van der Waals surface area contributed by atoms with E-state index in [0.717, 1.165) is 17.2 Å². The maximum Gasteiger partial charge on any atom is 0.307 e. The molecule has 0 atom stereocenters. The molecule has 4 N–H and O–H groups in total. The minimum absolute atomic E-state index is 0.0202. The van der Waals surface area contributed by atoms with Crippen molar-refractivity contribution in [1.82, 2.24) is 5.01 Å². The number of rotatable bonds is 10. The molecule has 0 saturated carbocycles. The van der Waals surface area contributed by atoms with Gasteiger partial charge >= 0.3 is 5.97 Å². The van der Waals surface area contributed by atoms with Crippen LogP contribution in [0.4, 0.5) is 10.1 Å². The van der Waals surface area contributed by atoms with E-state index in [4.69, 9.17) is 17.4 Å². The average molecular weight is 460 g/mol. The molecule has 32 heavy (non-hydrogen) atoms. The monoisotopic (exact) mass is 459 g/mol. The zero-order valence-corrected chi connectivity index (χ0v) is 18.9. The SMILES string of the molecule is C=C(CC)/C(CC(=O)O)=C(/CC)N(N)Cc1ccc(C(=O)Nc2ccc(Cl)c(F)c2)cc1. The van der Waals surface area contributed by atoms with Gasteiger partial charge in [-0.25, -0.2) is 10.2 Å². The Labute approximate surface area is 192 Å². The number of carbonyl (C=O) groups excluding carboxylic acids is 1. The van der Waals surface area contributed by atoms with E-state index in [-0.39, 0.29) is 17.4 Å². The summed E-state index contributed by atoms with van der Waals surface area (Å²) in [5, 5.41) is 13.4. The summed E-state index contributed by atoms with van der Waals surface area (Å²) in [4.78, 5) is 23.7. The number of carbonyl (C=O) groups is 2. The summed E-state index contributed by atoms with van der Waals surface area (Å²) in [6.07, 6.45) is 1.03. The van der Waals surface area contributed by atoms with Gasteiger partial charge in [0, 0.05) is 16.9 Å². The Kier molecular flexibility index (Phi) is 8.99. The molecule has 2 rings (SSSR count). The van der Waals surface area contributed by atoms with Crippen LogP contribution in [0.1, 0.15) is 49.0 Å². The second kappa shape index (κ2) is 11.5. The Morgan fingerprint density at radius 1 is 1.16 bits per heavy atom. The summed E-state index contributed by atoms with van der Waals surface area (Å²) in [7, 11) is 0. The summed E-state index contributed by atoms with van der Waals surface area (Å²) in [5.41, 5.74) is 3.62. The summed E-state index contributed by atoms with van der Waals surface area (Å²) < 4.78 is 13.6. The highest BCUT2D eigenvalue weighted by atomic mass is 35.5. The number of nitrogens with two attached hydrogens (primary N) is 1. The van der Waals surface area contributed by atoms with Crippen molar-refractivity contribution in [3.8, 4) is 0 Å². The number of nitrogens with zero attached hydrogens (tertiary/aromatic N) is 1. The van der Waals surface area contributed by atoms with Gasteiger partial charge in [-0.15, -0.1) is 0 Å². The van der Waals surface area contributed by atoms with E-state index in [1.807, 2.05) is 13.8 Å². The van der Waals surface area contributed by atoms with Crippen molar-refractivity contribution in [2.24, 2.45) is 5.84 Å². The third kappa shape index (κ3) is 6.67. The van der Waals surface area contributed by atoms with E-state index in [1.165, 1.54) is 17.1 Å². The maximum atomic E-state index is 13.6. The number of hydrogen-bond acceptors (Lipinski definition) is 4. The molecule has 0 saturated heterocycles. The minimum atomic E-state index is -0.940. The molecule has 0 aliphatic carbocycles. The van der Waals surface area contributed by atoms with Gasteiger partial charge in [0.2, 0.25) is 0 Å². The van der Waals surface area contributed by atoms with E-state index in [9.17, 15) is 19.1 Å². The summed E-state index contributed by atoms with van der Waals surface area (Å²) >= 11 is 5.66. The fraction of sp³-hybridized carbons (Fsp3) is 0.250. The lowest BCUT2D eigenvalue weighted by Gasteiger charge is -2.25. The Bertz CT molecular complexity index is 1040. The average Bonchev–Trinajstić information content (AvgIpc) is 2.75. The molecule has 0 spiro atoms. The first-order valence-electron chi connectivity index (χ1n) is 10.2. The maximum absolute atomic E-state index is 13.6. The predicted octanol–water partition coefficient (Wildman–Crippen LogP) is 5.51. The molecule has 0 aliphatic heterocycles. The summed E-state index contributed by atoms with van der Waals surface area (Å²) in [5.74, 6) is 4.33. The van der Waals surface area contributed by atoms with E-state index in [0.29, 0.717) is 41.9 Å². The molecule has 0 radical (unpaired) electrons. The topological polar surface area (TPSA) is 95.7 Å². The van der Waals surface area contributed by atoms with Crippen LogP contribution in [0.2, 0.25) is 5.02 Å². The number of benzene rings is 2. The first-order valence-corrected chi connectivity index (χ1v) is 10.5. The molecule has 0 bridgehead atoms. The molecule has 0 aromatic heterocycles. The van der Waals surface area contributed by atoms with Crippen molar-refractivity contribution in [2.75, 3.05) is 5.32 Å². The molecule has 0 aliphatic rings. The number of nitrogens with one attached hydrogen (secondary N) is 1. The van der Waals surface area contributed by atoms with Crippen molar-refractivity contribution in [3.05, 3.63) is 87.9 Å². The smallest absolute Gasteiger partial charge is 0.307 e. The molecule has 6 nitrogen and oxygen atoms in total. The number of hydrogen-bond donors (Lipinski definition) is 3. The highest BCUT2D eigenvalue weighted by Crippen LogP contribution is 2.25. The minimum Gasteiger partial charge on any atom is -0.481 e. The molecular weight excluding hydrogens is 433 g/mol. The normalized spacial score (nSPS) is 11.5. The Hall–Kier alpha value is -3.16. The largest absolute Gasteiger partial charge is 0.481 e. The Morgan fingerprint density at radius 2 is 1.81 bits per heavy atom. The van der Waals surface area contributed by atoms with E-state index in [1.54, 1.807) is 24.3 Å². The van der Waals surface area contributed by atoms with Gasteiger partial charge in [-0.3, -0.25) is 9.59 Å². The van der Waals surface area contributed by atoms with Gasteiger partial charge in [0.05, 0.1) is 18.0 Å². The number of carboxylic acids is 1. The van der Waals surface area contributed by atoms with Crippen LogP contribution in [0.3, 0.4) is 0 Å². The number of carboxylic acid groups (broad SMARTS) is 1. The highest BCUT2D eigenvalue weighted by Gasteiger charge is 2.16. The highest BCUT2D eigenvalue weighted by molar-refractivity contribution is 6.30. The number of anilines is 1. The zero-order chi connectivity index (χ0) is 23.8. The fourth-order valence-electron chi connectivity index (χ4n) is 3.22. The zero-order valence-electron chi connectivity index (χ0n) is 18.1. The van der Waals surface area contributed by atoms with Crippen molar-refractivity contribution in [1.29, 1.82) is 0 Å². The number of aliphatic carboxylic acids is 1. The number of amides is 1. The summed E-state index contributed by atoms with van der Waals surface area (Å²) in [6.45, 7) is 8.14. The van der Waals surface area contributed by atoms with E-state index < -0.39 is 11.8 Å². The van der Waals surface area contributed by atoms with E-state index in [2.05, 4.69) is 11.9 Å². The lowest BCUT2D eigenvalue weighted by atomic mass is 9.98. The van der Waals surface area contributed by atoms with Crippen LogP contribution < -0.4 is 11.2 Å². The van der Waals surface area contributed by atoms with Crippen LogP contribution in [0.25, 0.3) is 0 Å². The van der Waals surface area contributed by atoms with Crippen LogP contribution in [0.5, 0.6) is 0 Å². The van der Waals surface area contributed by atoms with Gasteiger partial charge in [-0.1, -0.05) is 44.2 Å². The molecule has 8 heteroatoms. The van der Waals surface area contributed by atoms with Gasteiger partial charge < -0.3 is 15.4 Å². The Balaban J connectivity index is 2.15. The van der Waals surface area contributed by atoms with Crippen LogP contribution in [0.15, 0.2) is 65.9 Å². The van der Waals surface area contributed by atoms with Gasteiger partial charge in [0.15, 0.2) is 0 Å². The first kappa shape index (κ1) is 25.1. The second-order valence-electron chi connectivity index (χ2n) is 7.21. The third-order valence-corrected chi connectivity index (χ3v) is 5.26. The Morgan fingerprint density at radius 3 is 2.34 bits per heavy atom. The van der Waals surface area contributed by atoms with Crippen LogP contribution >= 0.6 is 11.6 Å². The third-order valence-electron chi connectivity index (χ3n) is 4.96. The fourth-order valence-corrected chi connectivity index (χ4v) is 3.33. The van der Waals surface area contributed by atoms with Crippen molar-refractivity contribution < 1.29 is 19.1 Å². The molecule has 2 aromatic rings. The van der Waals surface area contributed by atoms with Crippen molar-refractivity contribution in [2.45, 2.75) is 39.7 Å². The van der Waals surface area contributed by atoms with Crippen LogP contribution in [-0.4, -0.2) is 22.0 Å². The quantitative estimate of drug-likeness (QED) is 0.247. The molecule has 0 heterocycles. The van der Waals surface area contributed by atoms with E-state index >= 15 is 0 Å². The molecule has 0 unspecified atom stereocenters. The van der Waals surface area contributed by atoms with Gasteiger partial charge in [0.25, 0.3) is 5.91 Å². The molecule has 2 aromatic carbocycles. The van der Waals surface area contributed by atoms with Gasteiger partial charge in [0.1, 0.15) is 5.82 Å². The van der Waals surface area contributed by atoms with Gasteiger partial charge in [-0.05, 0) is 59.9 Å². The number of allylic oxidation sites excluding steroid dienone is 2. The molecule has 0 fully saturated rings. The molecular formula is C24H27ClFN3O3. The first-order chi connectivity index (χ1) is 15.2. The van der Waals surface area contributed by atoms with Crippen molar-refractivity contribution >= 4 is 29.2 Å². The van der Waals surface area contributed by atoms with Crippen LogP contribution in [0, 0.1) is 5.82 Å². The number of halogens is 2. The standard InChI is InChI=1S/C24H27ClFN3O3/c1-4-15(3)19(13-23(30)31)22(5-2)29(27)14-16-6-8-17(9-7-16)24(32)28-18-10-11-20(25)21(26)12-18/h6-12H,3-5,13-14,27H2,1-2H3,(H,28,32)(H,30,31)/b22-19-. The predicted molar refractivity (Wildman–Crippen MR) is 125 cm³/mol. The lowest BCUT2D eigenvalue weighted by Crippen LogP contribution is -2.31. The summed E-state index contributed by atoms with van der Waals surface area (Å²) in [6, 6.07) is 10.8. The van der Waals surface area contributed by atoms with Crippen molar-refractivity contribution in [3.63, 3.8) is 0 Å². The van der Waals surface area contributed by atoms with Crippen LogP contribution in [-0.2, 0) is 11.3 Å². The molecule has 170 valence electrons. The lowest BCUT2D eigenvalue weighted by molar-refractivity contribution is -0.136. The molecule has 1 amide bonds.